The van der Waals surface area contributed by atoms with Crippen LogP contribution >= 0.6 is 0 Å². The first-order valence-corrected chi connectivity index (χ1v) is 12.0. The van der Waals surface area contributed by atoms with Crippen LogP contribution in [0.2, 0.25) is 0 Å². The summed E-state index contributed by atoms with van der Waals surface area (Å²) in [5.74, 6) is 0.731. The number of fused-ring (bicyclic) bond motifs is 1. The van der Waals surface area contributed by atoms with Crippen molar-refractivity contribution in [1.29, 1.82) is 0 Å². The van der Waals surface area contributed by atoms with E-state index >= 15 is 0 Å². The van der Waals surface area contributed by atoms with Crippen molar-refractivity contribution in [2.24, 2.45) is 0 Å². The number of carbonyl (C=O) groups excluding carboxylic acids is 3. The maximum absolute atomic E-state index is 12.9. The van der Waals surface area contributed by atoms with E-state index in [1.54, 1.807) is 23.1 Å². The Hall–Kier alpha value is -4.13. The predicted molar refractivity (Wildman–Crippen MR) is 138 cm³/mol. The molecule has 0 atom stereocenters. The molecule has 0 aromatic heterocycles. The summed E-state index contributed by atoms with van der Waals surface area (Å²) in [6.45, 7) is 4.53. The number of Topliss-reactive ketones (excluding diaryl/α,β-unsaturated/α-hetero) is 1. The third-order valence-corrected chi connectivity index (χ3v) is 6.04. The number of carbonyl (C=O) groups is 3. The molecule has 0 fully saturated rings. The molecule has 2 amide bonds. The summed E-state index contributed by atoms with van der Waals surface area (Å²) in [6.07, 6.45) is 0.773. The molecule has 7 heteroatoms. The maximum atomic E-state index is 12.9. The van der Waals surface area contributed by atoms with Crippen molar-refractivity contribution < 1.29 is 23.9 Å². The van der Waals surface area contributed by atoms with E-state index in [2.05, 4.69) is 5.32 Å². The van der Waals surface area contributed by atoms with Crippen LogP contribution < -0.4 is 19.7 Å². The third-order valence-electron chi connectivity index (χ3n) is 6.04. The highest BCUT2D eigenvalue weighted by molar-refractivity contribution is 6.02. The van der Waals surface area contributed by atoms with Gasteiger partial charge in [-0.15, -0.1) is 0 Å². The van der Waals surface area contributed by atoms with Crippen LogP contribution in [-0.2, 0) is 16.1 Å². The zero-order chi connectivity index (χ0) is 25.5. The highest BCUT2D eigenvalue weighted by Gasteiger charge is 2.26. The zero-order valence-corrected chi connectivity index (χ0v) is 20.6. The van der Waals surface area contributed by atoms with Crippen molar-refractivity contribution in [1.82, 2.24) is 5.32 Å². The molecule has 0 radical (unpaired) electrons. The van der Waals surface area contributed by atoms with Gasteiger partial charge < -0.3 is 19.7 Å². The van der Waals surface area contributed by atoms with Gasteiger partial charge in [0.1, 0.15) is 11.5 Å². The van der Waals surface area contributed by atoms with Crippen LogP contribution in [0.1, 0.15) is 39.9 Å². The molecule has 0 bridgehead atoms. The molecule has 1 heterocycles. The molecule has 4 rings (SSSR count). The number of amides is 2. The fourth-order valence-corrected chi connectivity index (χ4v) is 3.99. The molecule has 3 aromatic carbocycles. The van der Waals surface area contributed by atoms with Crippen molar-refractivity contribution in [2.45, 2.75) is 33.2 Å². The van der Waals surface area contributed by atoms with E-state index in [0.29, 0.717) is 42.3 Å². The fourth-order valence-electron chi connectivity index (χ4n) is 3.99. The Morgan fingerprint density at radius 1 is 1.03 bits per heavy atom. The molecule has 1 aliphatic heterocycles. The standard InChI is InChI=1S/C29H30N2O5/c1-20-10-11-21(2)27(15-20)35-18-25(32)23-12-13-26-24(16-23)31(29(34)19-36-26)14-6-9-28(33)30-17-22-7-4-3-5-8-22/h3-5,7-8,10-13,15-16H,6,9,14,17-19H2,1-2H3,(H,30,33). The van der Waals surface area contributed by atoms with Crippen molar-refractivity contribution in [3.63, 3.8) is 0 Å². The predicted octanol–water partition coefficient (Wildman–Crippen LogP) is 4.39. The number of nitrogens with one attached hydrogen (secondary N) is 1. The van der Waals surface area contributed by atoms with Gasteiger partial charge in [-0.1, -0.05) is 42.5 Å². The van der Waals surface area contributed by atoms with E-state index in [0.717, 1.165) is 16.7 Å². The van der Waals surface area contributed by atoms with Crippen molar-refractivity contribution in [3.8, 4) is 11.5 Å². The van der Waals surface area contributed by atoms with E-state index in [-0.39, 0.29) is 37.2 Å². The lowest BCUT2D eigenvalue weighted by Gasteiger charge is -2.29. The molecular formula is C29H30N2O5. The number of nitrogens with zero attached hydrogens (tertiary/aromatic N) is 1. The summed E-state index contributed by atoms with van der Waals surface area (Å²) in [4.78, 5) is 39.3. The van der Waals surface area contributed by atoms with Gasteiger partial charge in [-0.05, 0) is 61.2 Å². The van der Waals surface area contributed by atoms with E-state index in [1.165, 1.54) is 0 Å². The minimum atomic E-state index is -0.205. The Balaban J connectivity index is 1.36. The van der Waals surface area contributed by atoms with Crippen molar-refractivity contribution in [2.75, 3.05) is 24.7 Å². The number of benzene rings is 3. The van der Waals surface area contributed by atoms with Gasteiger partial charge in [-0.2, -0.15) is 0 Å². The van der Waals surface area contributed by atoms with Crippen LogP contribution in [0.5, 0.6) is 11.5 Å². The lowest BCUT2D eigenvalue weighted by molar-refractivity contribution is -0.123. The van der Waals surface area contributed by atoms with Crippen LogP contribution in [0.4, 0.5) is 5.69 Å². The van der Waals surface area contributed by atoms with Gasteiger partial charge in [-0.25, -0.2) is 0 Å². The number of aryl methyl sites for hydroxylation is 2. The molecule has 0 aliphatic carbocycles. The van der Waals surface area contributed by atoms with Gasteiger partial charge in [0.15, 0.2) is 19.0 Å². The lowest BCUT2D eigenvalue weighted by atomic mass is 10.1. The summed E-state index contributed by atoms with van der Waals surface area (Å²) in [5.41, 5.74) is 4.01. The second-order valence-electron chi connectivity index (χ2n) is 8.86. The highest BCUT2D eigenvalue weighted by atomic mass is 16.5. The first-order valence-electron chi connectivity index (χ1n) is 12.0. The molecule has 0 spiro atoms. The van der Waals surface area contributed by atoms with Gasteiger partial charge in [0.2, 0.25) is 5.91 Å². The van der Waals surface area contributed by atoms with E-state index in [9.17, 15) is 14.4 Å². The summed E-state index contributed by atoms with van der Waals surface area (Å²) >= 11 is 0. The van der Waals surface area contributed by atoms with Gasteiger partial charge in [0.25, 0.3) is 5.91 Å². The number of hydrogen-bond donors (Lipinski definition) is 1. The molecule has 7 nitrogen and oxygen atoms in total. The Bertz CT molecular complexity index is 1260. The quantitative estimate of drug-likeness (QED) is 0.430. The van der Waals surface area contributed by atoms with Crippen LogP contribution in [0.3, 0.4) is 0 Å². The normalized spacial score (nSPS) is 12.5. The SMILES string of the molecule is Cc1ccc(C)c(OCC(=O)c2ccc3c(c2)N(CCCC(=O)NCc2ccccc2)C(=O)CO3)c1. The highest BCUT2D eigenvalue weighted by Crippen LogP contribution is 2.33. The number of ketones is 1. The second kappa shape index (κ2) is 11.5. The first-order chi connectivity index (χ1) is 17.4. The Morgan fingerprint density at radius 3 is 2.64 bits per heavy atom. The summed E-state index contributed by atoms with van der Waals surface area (Å²) in [7, 11) is 0. The number of anilines is 1. The number of hydrogen-bond acceptors (Lipinski definition) is 5. The molecule has 0 unspecified atom stereocenters. The van der Waals surface area contributed by atoms with E-state index < -0.39 is 0 Å². The fraction of sp³-hybridized carbons (Fsp3) is 0.276. The molecule has 186 valence electrons. The van der Waals surface area contributed by atoms with Crippen molar-refractivity contribution in [3.05, 3.63) is 89.0 Å². The van der Waals surface area contributed by atoms with Gasteiger partial charge in [-0.3, -0.25) is 14.4 Å². The van der Waals surface area contributed by atoms with E-state index in [1.807, 2.05) is 62.4 Å². The maximum Gasteiger partial charge on any atom is 0.265 e. The van der Waals surface area contributed by atoms with Crippen LogP contribution in [-0.4, -0.2) is 37.4 Å². The van der Waals surface area contributed by atoms with Crippen LogP contribution in [0.15, 0.2) is 66.7 Å². The smallest absolute Gasteiger partial charge is 0.265 e. The van der Waals surface area contributed by atoms with Gasteiger partial charge >= 0.3 is 0 Å². The molecule has 0 saturated heterocycles. The van der Waals surface area contributed by atoms with Crippen LogP contribution in [0.25, 0.3) is 0 Å². The largest absolute Gasteiger partial charge is 0.485 e. The zero-order valence-electron chi connectivity index (χ0n) is 20.6. The second-order valence-corrected chi connectivity index (χ2v) is 8.86. The average Bonchev–Trinajstić information content (AvgIpc) is 2.89. The summed E-state index contributed by atoms with van der Waals surface area (Å²) in [5, 5.41) is 2.90. The number of ether oxygens (including phenoxy) is 2. The molecule has 1 N–H and O–H groups in total. The minimum Gasteiger partial charge on any atom is -0.485 e. The third kappa shape index (κ3) is 6.30. The Morgan fingerprint density at radius 2 is 1.83 bits per heavy atom. The molecule has 0 saturated carbocycles. The molecule has 36 heavy (non-hydrogen) atoms. The Kier molecular flexibility index (Phi) is 8.00. The molecule has 3 aromatic rings. The topological polar surface area (TPSA) is 84.9 Å². The summed E-state index contributed by atoms with van der Waals surface area (Å²) in [6, 6.07) is 20.6. The first kappa shape index (κ1) is 25.0. The minimum absolute atomic E-state index is 0.0732. The monoisotopic (exact) mass is 486 g/mol. The van der Waals surface area contributed by atoms with Crippen molar-refractivity contribution >= 4 is 23.3 Å². The Labute approximate surface area is 211 Å². The lowest BCUT2D eigenvalue weighted by Crippen LogP contribution is -2.40. The van der Waals surface area contributed by atoms with E-state index in [4.69, 9.17) is 9.47 Å². The number of rotatable bonds is 10. The average molecular weight is 487 g/mol. The summed E-state index contributed by atoms with van der Waals surface area (Å²) < 4.78 is 11.3. The van der Waals surface area contributed by atoms with Gasteiger partial charge in [0, 0.05) is 25.1 Å². The molecular weight excluding hydrogens is 456 g/mol. The van der Waals surface area contributed by atoms with Gasteiger partial charge in [0.05, 0.1) is 5.69 Å². The molecule has 1 aliphatic rings. The van der Waals surface area contributed by atoms with Crippen LogP contribution in [0, 0.1) is 13.8 Å².